The smallest absolute Gasteiger partial charge is 0.315 e. The van der Waals surface area contributed by atoms with Crippen molar-refractivity contribution in [2.45, 2.75) is 19.4 Å². The van der Waals surface area contributed by atoms with Gasteiger partial charge in [0.15, 0.2) is 0 Å². The number of terminal acetylenes is 1. The van der Waals surface area contributed by atoms with Crippen molar-refractivity contribution in [2.24, 2.45) is 0 Å². The number of pyridine rings is 1. The fourth-order valence-electron chi connectivity index (χ4n) is 2.21. The highest BCUT2D eigenvalue weighted by atomic mass is 16.2. The van der Waals surface area contributed by atoms with Crippen LogP contribution in [0.2, 0.25) is 0 Å². The molecule has 1 aliphatic heterocycles. The van der Waals surface area contributed by atoms with E-state index in [0.717, 1.165) is 12.1 Å². The molecule has 21 heavy (non-hydrogen) atoms. The van der Waals surface area contributed by atoms with Crippen LogP contribution in [0.5, 0.6) is 0 Å². The summed E-state index contributed by atoms with van der Waals surface area (Å²) in [5, 5.41) is 5.35. The molecule has 6 nitrogen and oxygen atoms in total. The van der Waals surface area contributed by atoms with Crippen LogP contribution < -0.4 is 10.6 Å². The van der Waals surface area contributed by atoms with E-state index in [0.29, 0.717) is 18.7 Å². The summed E-state index contributed by atoms with van der Waals surface area (Å²) >= 11 is 0. The van der Waals surface area contributed by atoms with Crippen LogP contribution >= 0.6 is 0 Å². The van der Waals surface area contributed by atoms with Gasteiger partial charge in [0, 0.05) is 31.0 Å². The lowest BCUT2D eigenvalue weighted by molar-refractivity contribution is 0.0789. The van der Waals surface area contributed by atoms with E-state index < -0.39 is 0 Å². The predicted molar refractivity (Wildman–Crippen MR) is 78.6 cm³/mol. The van der Waals surface area contributed by atoms with Crippen molar-refractivity contribution in [2.75, 3.05) is 19.6 Å². The lowest BCUT2D eigenvalue weighted by Gasteiger charge is -2.17. The zero-order valence-corrected chi connectivity index (χ0v) is 11.9. The minimum atomic E-state index is -0.302. The highest BCUT2D eigenvalue weighted by Crippen LogP contribution is 2.13. The van der Waals surface area contributed by atoms with Crippen molar-refractivity contribution in [3.8, 4) is 12.3 Å². The van der Waals surface area contributed by atoms with Crippen LogP contribution in [0.15, 0.2) is 18.3 Å². The summed E-state index contributed by atoms with van der Waals surface area (Å²) in [6.07, 6.45) is 7.38. The molecule has 1 aromatic rings. The van der Waals surface area contributed by atoms with Gasteiger partial charge < -0.3 is 15.5 Å². The summed E-state index contributed by atoms with van der Waals surface area (Å²) in [4.78, 5) is 29.7. The molecule has 2 rings (SSSR count). The van der Waals surface area contributed by atoms with Crippen LogP contribution in [-0.2, 0) is 0 Å². The molecule has 0 bridgehead atoms. The van der Waals surface area contributed by atoms with Gasteiger partial charge in [-0.3, -0.25) is 9.78 Å². The third-order valence-corrected chi connectivity index (χ3v) is 3.32. The van der Waals surface area contributed by atoms with E-state index in [-0.39, 0.29) is 24.5 Å². The zero-order valence-electron chi connectivity index (χ0n) is 11.9. The first kappa shape index (κ1) is 14.9. The number of hydrogen-bond acceptors (Lipinski definition) is 3. The fraction of sp³-hybridized carbons (Fsp3) is 0.400. The highest BCUT2D eigenvalue weighted by molar-refractivity contribution is 5.94. The van der Waals surface area contributed by atoms with E-state index >= 15 is 0 Å². The van der Waals surface area contributed by atoms with Crippen molar-refractivity contribution >= 4 is 11.9 Å². The van der Waals surface area contributed by atoms with Crippen LogP contribution in [-0.4, -0.2) is 47.5 Å². The number of hydrogen-bond donors (Lipinski definition) is 2. The molecule has 0 aromatic carbocycles. The quantitative estimate of drug-likeness (QED) is 0.796. The van der Waals surface area contributed by atoms with Crippen LogP contribution in [0.3, 0.4) is 0 Å². The molecular formula is C15H18N4O2. The number of urea groups is 1. The molecule has 110 valence electrons. The topological polar surface area (TPSA) is 74.3 Å². The number of aromatic nitrogens is 1. The number of carbonyl (C=O) groups excluding carboxylic acids is 2. The second-order valence-electron chi connectivity index (χ2n) is 4.96. The average Bonchev–Trinajstić information content (AvgIpc) is 2.93. The van der Waals surface area contributed by atoms with Crippen molar-refractivity contribution in [3.05, 3.63) is 29.6 Å². The number of amides is 3. The number of nitrogens with zero attached hydrogens (tertiary/aromatic N) is 2. The average molecular weight is 286 g/mol. The minimum absolute atomic E-state index is 0.0508. The monoisotopic (exact) mass is 286 g/mol. The van der Waals surface area contributed by atoms with E-state index in [9.17, 15) is 9.59 Å². The molecule has 0 aliphatic carbocycles. The Morgan fingerprint density at radius 1 is 1.52 bits per heavy atom. The van der Waals surface area contributed by atoms with Gasteiger partial charge >= 0.3 is 6.03 Å². The molecule has 0 radical (unpaired) electrons. The molecule has 0 saturated carbocycles. The Balaban J connectivity index is 1.87. The second-order valence-corrected chi connectivity index (χ2v) is 4.96. The normalized spacial score (nSPS) is 17.1. The number of nitrogens with one attached hydrogen (secondary N) is 2. The van der Waals surface area contributed by atoms with E-state index in [1.54, 1.807) is 17.2 Å². The van der Waals surface area contributed by atoms with Crippen LogP contribution in [0, 0.1) is 19.3 Å². The summed E-state index contributed by atoms with van der Waals surface area (Å²) < 4.78 is 0. The number of aryl methyl sites for hydroxylation is 1. The van der Waals surface area contributed by atoms with Crippen molar-refractivity contribution < 1.29 is 9.59 Å². The first-order chi connectivity index (χ1) is 10.1. The first-order valence-corrected chi connectivity index (χ1v) is 6.80. The largest absolute Gasteiger partial charge is 0.336 e. The predicted octanol–water partition coefficient (Wildman–Crippen LogP) is 0.537. The van der Waals surface area contributed by atoms with Crippen molar-refractivity contribution in [3.63, 3.8) is 0 Å². The number of carbonyl (C=O) groups is 2. The van der Waals surface area contributed by atoms with Gasteiger partial charge in [0.25, 0.3) is 5.91 Å². The Morgan fingerprint density at radius 2 is 2.33 bits per heavy atom. The number of likely N-dealkylation sites (tertiary alicyclic amines) is 1. The maximum Gasteiger partial charge on any atom is 0.315 e. The number of rotatable bonds is 3. The summed E-state index contributed by atoms with van der Waals surface area (Å²) in [5.74, 6) is 2.27. The lowest BCUT2D eigenvalue weighted by atomic mass is 10.2. The molecule has 6 heteroatoms. The maximum atomic E-state index is 12.3. The zero-order chi connectivity index (χ0) is 15.2. The van der Waals surface area contributed by atoms with Gasteiger partial charge in [0.05, 0.1) is 12.1 Å². The van der Waals surface area contributed by atoms with Gasteiger partial charge in [-0.2, -0.15) is 0 Å². The van der Waals surface area contributed by atoms with Crippen LogP contribution in [0.4, 0.5) is 4.79 Å². The van der Waals surface area contributed by atoms with E-state index in [1.807, 2.05) is 13.0 Å². The summed E-state index contributed by atoms with van der Waals surface area (Å²) in [5.41, 5.74) is 1.44. The Bertz CT molecular complexity index is 562. The first-order valence-electron chi connectivity index (χ1n) is 6.80. The third-order valence-electron chi connectivity index (χ3n) is 3.32. The molecule has 0 spiro atoms. The van der Waals surface area contributed by atoms with Gasteiger partial charge in [-0.15, -0.1) is 6.42 Å². The maximum absolute atomic E-state index is 12.3. The molecular weight excluding hydrogens is 268 g/mol. The summed E-state index contributed by atoms with van der Waals surface area (Å²) in [6.45, 7) is 3.18. The molecule has 1 fully saturated rings. The van der Waals surface area contributed by atoms with E-state index in [2.05, 4.69) is 21.5 Å². The molecule has 1 aromatic heterocycles. The van der Waals surface area contributed by atoms with Gasteiger partial charge in [-0.1, -0.05) is 5.92 Å². The Labute approximate surface area is 123 Å². The van der Waals surface area contributed by atoms with Crippen LogP contribution in [0.25, 0.3) is 0 Å². The van der Waals surface area contributed by atoms with E-state index in [1.165, 1.54) is 0 Å². The second kappa shape index (κ2) is 6.75. The Morgan fingerprint density at radius 3 is 3.00 bits per heavy atom. The van der Waals surface area contributed by atoms with Crippen molar-refractivity contribution in [1.82, 2.24) is 20.5 Å². The molecule has 2 heterocycles. The minimum Gasteiger partial charge on any atom is -0.336 e. The van der Waals surface area contributed by atoms with Gasteiger partial charge in [-0.25, -0.2) is 4.79 Å². The van der Waals surface area contributed by atoms with Crippen molar-refractivity contribution in [1.29, 1.82) is 0 Å². The highest BCUT2D eigenvalue weighted by Gasteiger charge is 2.27. The molecule has 0 unspecified atom stereocenters. The van der Waals surface area contributed by atoms with E-state index in [4.69, 9.17) is 6.42 Å². The molecule has 1 saturated heterocycles. The molecule has 3 amide bonds. The fourth-order valence-corrected chi connectivity index (χ4v) is 2.21. The summed E-state index contributed by atoms with van der Waals surface area (Å²) in [6, 6.07) is 3.23. The molecule has 1 aliphatic rings. The molecule has 1 atom stereocenters. The standard InChI is InChI=1S/C15H18N4O2/c1-3-7-16-15(21)18-13-6-8-19(10-13)14(20)12-5-4-11(2)17-9-12/h1,4-5,9,13H,6-8,10H2,2H3,(H2,16,18,21)/t13-/m1/s1. The SMILES string of the molecule is C#CCNC(=O)N[C@@H]1CCN(C(=O)c2ccc(C)nc2)C1. The Kier molecular flexibility index (Phi) is 4.77. The third kappa shape index (κ3) is 3.96. The summed E-state index contributed by atoms with van der Waals surface area (Å²) in [7, 11) is 0. The Hall–Kier alpha value is -2.55. The van der Waals surface area contributed by atoms with Gasteiger partial charge in [-0.05, 0) is 25.5 Å². The van der Waals surface area contributed by atoms with Gasteiger partial charge in [0.2, 0.25) is 0 Å². The molecule has 2 N–H and O–H groups in total. The van der Waals surface area contributed by atoms with Crippen LogP contribution in [0.1, 0.15) is 22.5 Å². The lowest BCUT2D eigenvalue weighted by Crippen LogP contribution is -2.44. The van der Waals surface area contributed by atoms with Gasteiger partial charge in [0.1, 0.15) is 0 Å².